The third-order valence-electron chi connectivity index (χ3n) is 4.33. The van der Waals surface area contributed by atoms with E-state index >= 15 is 0 Å². The summed E-state index contributed by atoms with van der Waals surface area (Å²) in [6.07, 6.45) is 1.60. The van der Waals surface area contributed by atoms with Crippen molar-refractivity contribution in [3.8, 4) is 5.88 Å². The number of aromatic nitrogens is 1. The molecule has 0 radical (unpaired) electrons. The predicted octanol–water partition coefficient (Wildman–Crippen LogP) is 1.58. The van der Waals surface area contributed by atoms with E-state index in [0.29, 0.717) is 18.2 Å². The Morgan fingerprint density at radius 3 is 2.63 bits per heavy atom. The summed E-state index contributed by atoms with van der Waals surface area (Å²) in [6.45, 7) is 3.54. The minimum atomic E-state index is -0.184. The number of nitrogens with one attached hydrogen (secondary N) is 2. The third-order valence-corrected chi connectivity index (χ3v) is 4.33. The zero-order chi connectivity index (χ0) is 19.1. The fourth-order valence-corrected chi connectivity index (χ4v) is 2.98. The van der Waals surface area contributed by atoms with Gasteiger partial charge in [-0.3, -0.25) is 14.5 Å². The van der Waals surface area contributed by atoms with Crippen molar-refractivity contribution in [2.24, 2.45) is 0 Å². The maximum atomic E-state index is 12.1. The van der Waals surface area contributed by atoms with E-state index < -0.39 is 0 Å². The number of carbonyl (C=O) groups excluding carboxylic acids is 2. The Balaban J connectivity index is 1.33. The molecule has 144 valence electrons. The van der Waals surface area contributed by atoms with E-state index in [9.17, 15) is 9.59 Å². The number of anilines is 1. The van der Waals surface area contributed by atoms with Crippen LogP contribution in [0.2, 0.25) is 0 Å². The van der Waals surface area contributed by atoms with Crippen LogP contribution < -0.4 is 15.4 Å². The SMILES string of the molecule is Cc1cc(OCC(=O)NC2CCN(CC(=O)Nc3ccccc3)CC2)no1. The Kier molecular flexibility index (Phi) is 6.43. The van der Waals surface area contributed by atoms with Crippen molar-refractivity contribution in [3.05, 3.63) is 42.2 Å². The van der Waals surface area contributed by atoms with Gasteiger partial charge in [0, 0.05) is 30.9 Å². The number of nitrogens with zero attached hydrogens (tertiary/aromatic N) is 2. The van der Waals surface area contributed by atoms with Crippen LogP contribution in [0, 0.1) is 6.92 Å². The van der Waals surface area contributed by atoms with Gasteiger partial charge in [0.15, 0.2) is 6.61 Å². The van der Waals surface area contributed by atoms with Gasteiger partial charge in [0.05, 0.1) is 6.54 Å². The molecular weight excluding hydrogens is 348 g/mol. The standard InChI is InChI=1S/C19H24N4O4/c1-14-11-19(22-27-14)26-13-18(25)21-16-7-9-23(10-8-16)12-17(24)20-15-5-3-2-4-6-15/h2-6,11,16H,7-10,12-13H2,1H3,(H,20,24)(H,21,25). The van der Waals surface area contributed by atoms with E-state index in [0.717, 1.165) is 31.6 Å². The quantitative estimate of drug-likeness (QED) is 0.766. The van der Waals surface area contributed by atoms with Crippen LogP contribution in [0.5, 0.6) is 5.88 Å². The number of piperidine rings is 1. The van der Waals surface area contributed by atoms with Gasteiger partial charge in [0.2, 0.25) is 5.91 Å². The van der Waals surface area contributed by atoms with Gasteiger partial charge in [-0.1, -0.05) is 18.2 Å². The molecule has 2 aromatic rings. The van der Waals surface area contributed by atoms with Gasteiger partial charge in [-0.25, -0.2) is 0 Å². The summed E-state index contributed by atoms with van der Waals surface area (Å²) in [5.41, 5.74) is 0.798. The van der Waals surface area contributed by atoms with Crippen LogP contribution in [0.4, 0.5) is 5.69 Å². The zero-order valence-corrected chi connectivity index (χ0v) is 15.3. The smallest absolute Gasteiger partial charge is 0.258 e. The molecule has 8 nitrogen and oxygen atoms in total. The summed E-state index contributed by atoms with van der Waals surface area (Å²) < 4.78 is 10.2. The lowest BCUT2D eigenvalue weighted by molar-refractivity contribution is -0.124. The van der Waals surface area contributed by atoms with E-state index in [1.165, 1.54) is 0 Å². The van der Waals surface area contributed by atoms with Crippen molar-refractivity contribution in [2.45, 2.75) is 25.8 Å². The molecule has 1 saturated heterocycles. The van der Waals surface area contributed by atoms with Gasteiger partial charge < -0.3 is 19.9 Å². The summed E-state index contributed by atoms with van der Waals surface area (Å²) in [4.78, 5) is 26.2. The molecule has 1 aromatic carbocycles. The van der Waals surface area contributed by atoms with Crippen molar-refractivity contribution in [3.63, 3.8) is 0 Å². The molecule has 0 aliphatic carbocycles. The molecule has 3 rings (SSSR count). The lowest BCUT2D eigenvalue weighted by Gasteiger charge is -2.31. The van der Waals surface area contributed by atoms with Gasteiger partial charge in [-0.05, 0) is 37.1 Å². The number of hydrogen-bond acceptors (Lipinski definition) is 6. The van der Waals surface area contributed by atoms with Crippen molar-refractivity contribution in [1.29, 1.82) is 0 Å². The monoisotopic (exact) mass is 372 g/mol. The van der Waals surface area contributed by atoms with Crippen molar-refractivity contribution in [1.82, 2.24) is 15.4 Å². The lowest BCUT2D eigenvalue weighted by Crippen LogP contribution is -2.47. The van der Waals surface area contributed by atoms with Gasteiger partial charge in [-0.15, -0.1) is 0 Å². The van der Waals surface area contributed by atoms with Crippen LogP contribution in [-0.2, 0) is 9.59 Å². The number of likely N-dealkylation sites (tertiary alicyclic amines) is 1. The number of aryl methyl sites for hydroxylation is 1. The molecule has 0 spiro atoms. The van der Waals surface area contributed by atoms with E-state index in [4.69, 9.17) is 9.26 Å². The first kappa shape index (κ1) is 18.9. The Bertz CT molecular complexity index is 754. The molecule has 2 amide bonds. The molecule has 1 aliphatic rings. The molecule has 1 fully saturated rings. The van der Waals surface area contributed by atoms with Crippen LogP contribution in [0.3, 0.4) is 0 Å². The molecule has 0 saturated carbocycles. The topological polar surface area (TPSA) is 96.7 Å². The summed E-state index contributed by atoms with van der Waals surface area (Å²) in [6, 6.07) is 11.1. The summed E-state index contributed by atoms with van der Waals surface area (Å²) in [7, 11) is 0. The minimum Gasteiger partial charge on any atom is -0.465 e. The Labute approximate surface area is 157 Å². The normalized spacial score (nSPS) is 15.3. The molecule has 27 heavy (non-hydrogen) atoms. The largest absolute Gasteiger partial charge is 0.465 e. The van der Waals surface area contributed by atoms with Crippen LogP contribution in [0.1, 0.15) is 18.6 Å². The molecule has 0 bridgehead atoms. The molecule has 0 unspecified atom stereocenters. The summed E-state index contributed by atoms with van der Waals surface area (Å²) >= 11 is 0. The maximum Gasteiger partial charge on any atom is 0.258 e. The molecule has 2 N–H and O–H groups in total. The highest BCUT2D eigenvalue weighted by Gasteiger charge is 2.22. The lowest BCUT2D eigenvalue weighted by atomic mass is 10.1. The van der Waals surface area contributed by atoms with E-state index in [-0.39, 0.29) is 24.5 Å². The fourth-order valence-electron chi connectivity index (χ4n) is 2.98. The summed E-state index contributed by atoms with van der Waals surface area (Å²) in [5, 5.41) is 9.53. The van der Waals surface area contributed by atoms with Gasteiger partial charge in [0.25, 0.3) is 11.8 Å². The number of para-hydroxylation sites is 1. The Morgan fingerprint density at radius 2 is 1.96 bits per heavy atom. The van der Waals surface area contributed by atoms with Gasteiger partial charge in [0.1, 0.15) is 5.76 Å². The van der Waals surface area contributed by atoms with Gasteiger partial charge in [-0.2, -0.15) is 0 Å². The molecule has 1 aromatic heterocycles. The molecular formula is C19H24N4O4. The van der Waals surface area contributed by atoms with Crippen molar-refractivity contribution in [2.75, 3.05) is 31.6 Å². The number of carbonyl (C=O) groups is 2. The second kappa shape index (κ2) is 9.18. The molecule has 8 heteroatoms. The van der Waals surface area contributed by atoms with Crippen molar-refractivity contribution >= 4 is 17.5 Å². The van der Waals surface area contributed by atoms with E-state index in [2.05, 4.69) is 20.7 Å². The number of hydrogen-bond donors (Lipinski definition) is 2. The Morgan fingerprint density at radius 1 is 1.22 bits per heavy atom. The molecule has 0 atom stereocenters. The number of ether oxygens (including phenoxy) is 1. The van der Waals surface area contributed by atoms with Crippen LogP contribution >= 0.6 is 0 Å². The predicted molar refractivity (Wildman–Crippen MR) is 99.4 cm³/mol. The highest BCUT2D eigenvalue weighted by molar-refractivity contribution is 5.92. The fraction of sp³-hybridized carbons (Fsp3) is 0.421. The second-order valence-electron chi connectivity index (χ2n) is 6.60. The third kappa shape index (κ3) is 6.10. The van der Waals surface area contributed by atoms with Gasteiger partial charge >= 0.3 is 0 Å². The average molecular weight is 372 g/mol. The maximum absolute atomic E-state index is 12.1. The first-order chi connectivity index (χ1) is 13.1. The number of benzene rings is 1. The summed E-state index contributed by atoms with van der Waals surface area (Å²) in [5.74, 6) is 0.729. The zero-order valence-electron chi connectivity index (χ0n) is 15.3. The highest BCUT2D eigenvalue weighted by Crippen LogP contribution is 2.12. The number of amides is 2. The van der Waals surface area contributed by atoms with E-state index in [1.807, 2.05) is 30.3 Å². The van der Waals surface area contributed by atoms with Crippen LogP contribution in [-0.4, -0.2) is 54.2 Å². The van der Waals surface area contributed by atoms with Crippen molar-refractivity contribution < 1.29 is 18.8 Å². The molecule has 1 aliphatic heterocycles. The molecule has 2 heterocycles. The average Bonchev–Trinajstić information content (AvgIpc) is 3.08. The minimum absolute atomic E-state index is 0.0278. The second-order valence-corrected chi connectivity index (χ2v) is 6.60. The first-order valence-electron chi connectivity index (χ1n) is 9.01. The van der Waals surface area contributed by atoms with Crippen LogP contribution in [0.15, 0.2) is 40.9 Å². The van der Waals surface area contributed by atoms with E-state index in [1.54, 1.807) is 13.0 Å². The Hall–Kier alpha value is -2.87. The first-order valence-corrected chi connectivity index (χ1v) is 9.01. The number of rotatable bonds is 7. The highest BCUT2D eigenvalue weighted by atomic mass is 16.5. The van der Waals surface area contributed by atoms with Crippen LogP contribution in [0.25, 0.3) is 0 Å².